The topological polar surface area (TPSA) is 46.3 Å². The summed E-state index contributed by atoms with van der Waals surface area (Å²) in [4.78, 5) is 0.966. The van der Waals surface area contributed by atoms with E-state index >= 15 is 0 Å². The minimum atomic E-state index is -0.0473. The van der Waals surface area contributed by atoms with E-state index in [9.17, 15) is 0 Å². The second-order valence-corrected chi connectivity index (χ2v) is 4.91. The van der Waals surface area contributed by atoms with Crippen molar-refractivity contribution in [3.05, 3.63) is 27.7 Å². The summed E-state index contributed by atoms with van der Waals surface area (Å²) in [5.74, 6) is 0.651. The molecule has 0 unspecified atom stereocenters. The standard InChI is InChI=1S/C8H6BrNO2S/c9-7-2-1-6(13-7)8-5(4-11)3-10-12-8/h1-3,11H,4H2. The van der Waals surface area contributed by atoms with Crippen LogP contribution in [0.2, 0.25) is 0 Å². The molecule has 0 aliphatic heterocycles. The average Bonchev–Trinajstić information content (AvgIpc) is 2.71. The highest BCUT2D eigenvalue weighted by Gasteiger charge is 2.11. The summed E-state index contributed by atoms with van der Waals surface area (Å²) in [6.45, 7) is -0.0473. The molecule has 0 saturated heterocycles. The summed E-state index contributed by atoms with van der Waals surface area (Å²) in [7, 11) is 0. The highest BCUT2D eigenvalue weighted by atomic mass is 79.9. The van der Waals surface area contributed by atoms with Crippen molar-refractivity contribution in [1.29, 1.82) is 0 Å². The van der Waals surface area contributed by atoms with Gasteiger partial charge in [-0.3, -0.25) is 0 Å². The van der Waals surface area contributed by atoms with Gasteiger partial charge in [0.15, 0.2) is 5.76 Å². The Labute approximate surface area is 87.1 Å². The SMILES string of the molecule is OCc1cnoc1-c1ccc(Br)s1. The molecule has 0 radical (unpaired) electrons. The van der Waals surface area contributed by atoms with Crippen LogP contribution in [0.25, 0.3) is 10.6 Å². The first-order valence-electron chi connectivity index (χ1n) is 3.61. The number of thiophene rings is 1. The molecule has 0 bridgehead atoms. The van der Waals surface area contributed by atoms with Crippen LogP contribution in [0.3, 0.4) is 0 Å². The Kier molecular flexibility index (Phi) is 2.48. The Bertz CT molecular complexity index is 410. The molecule has 0 saturated carbocycles. The summed E-state index contributed by atoms with van der Waals surface area (Å²) in [6, 6.07) is 3.86. The van der Waals surface area contributed by atoms with Gasteiger partial charge in [0.2, 0.25) is 0 Å². The molecule has 0 fully saturated rings. The molecule has 0 amide bonds. The van der Waals surface area contributed by atoms with Gasteiger partial charge in [0, 0.05) is 5.56 Å². The lowest BCUT2D eigenvalue weighted by molar-refractivity contribution is 0.281. The molecule has 0 aliphatic rings. The molecule has 0 aromatic carbocycles. The largest absolute Gasteiger partial charge is 0.391 e. The zero-order valence-corrected chi connectivity index (χ0v) is 8.93. The van der Waals surface area contributed by atoms with Crippen molar-refractivity contribution >= 4 is 27.3 Å². The zero-order valence-electron chi connectivity index (χ0n) is 6.53. The van der Waals surface area contributed by atoms with Crippen molar-refractivity contribution in [2.75, 3.05) is 0 Å². The van der Waals surface area contributed by atoms with Crippen LogP contribution < -0.4 is 0 Å². The second-order valence-electron chi connectivity index (χ2n) is 2.44. The Balaban J connectivity index is 2.45. The van der Waals surface area contributed by atoms with Crippen molar-refractivity contribution in [2.45, 2.75) is 6.61 Å². The van der Waals surface area contributed by atoms with Gasteiger partial charge in [-0.1, -0.05) is 5.16 Å². The lowest BCUT2D eigenvalue weighted by atomic mass is 10.2. The predicted molar refractivity (Wildman–Crippen MR) is 53.4 cm³/mol. The Morgan fingerprint density at radius 3 is 3.00 bits per heavy atom. The lowest BCUT2D eigenvalue weighted by Gasteiger charge is -1.91. The van der Waals surface area contributed by atoms with Gasteiger partial charge in [-0.25, -0.2) is 0 Å². The van der Waals surface area contributed by atoms with Crippen molar-refractivity contribution in [1.82, 2.24) is 5.16 Å². The fraction of sp³-hybridized carbons (Fsp3) is 0.125. The molecule has 13 heavy (non-hydrogen) atoms. The highest BCUT2D eigenvalue weighted by Crippen LogP contribution is 2.33. The van der Waals surface area contributed by atoms with Gasteiger partial charge in [0.1, 0.15) is 0 Å². The highest BCUT2D eigenvalue weighted by molar-refractivity contribution is 9.11. The summed E-state index contributed by atoms with van der Waals surface area (Å²) < 4.78 is 6.06. The molecule has 0 aliphatic carbocycles. The molecule has 2 heterocycles. The van der Waals surface area contributed by atoms with E-state index in [1.807, 2.05) is 12.1 Å². The number of hydrogen-bond acceptors (Lipinski definition) is 4. The number of aliphatic hydroxyl groups excluding tert-OH is 1. The number of hydrogen-bond donors (Lipinski definition) is 1. The number of halogens is 1. The molecule has 0 atom stereocenters. The zero-order chi connectivity index (χ0) is 9.26. The van der Waals surface area contributed by atoms with E-state index in [-0.39, 0.29) is 6.61 Å². The molecular formula is C8H6BrNO2S. The van der Waals surface area contributed by atoms with Gasteiger partial charge in [0.25, 0.3) is 0 Å². The quantitative estimate of drug-likeness (QED) is 0.902. The maximum absolute atomic E-state index is 8.97. The Morgan fingerprint density at radius 1 is 1.54 bits per heavy atom. The normalized spacial score (nSPS) is 10.6. The van der Waals surface area contributed by atoms with E-state index in [2.05, 4.69) is 21.1 Å². The second kappa shape index (κ2) is 3.61. The van der Waals surface area contributed by atoms with Gasteiger partial charge in [-0.15, -0.1) is 11.3 Å². The minimum Gasteiger partial charge on any atom is -0.391 e. The fourth-order valence-electron chi connectivity index (χ4n) is 1.01. The number of nitrogens with zero attached hydrogens (tertiary/aromatic N) is 1. The van der Waals surface area contributed by atoms with Crippen LogP contribution in [0.5, 0.6) is 0 Å². The lowest BCUT2D eigenvalue weighted by Crippen LogP contribution is -1.80. The van der Waals surface area contributed by atoms with Crippen LogP contribution in [0, 0.1) is 0 Å². The van der Waals surface area contributed by atoms with E-state index in [4.69, 9.17) is 9.63 Å². The molecule has 68 valence electrons. The number of rotatable bonds is 2. The minimum absolute atomic E-state index is 0.0473. The van der Waals surface area contributed by atoms with Crippen LogP contribution in [0.1, 0.15) is 5.56 Å². The fourth-order valence-corrected chi connectivity index (χ4v) is 2.41. The number of aromatic nitrogens is 1. The summed E-state index contributed by atoms with van der Waals surface area (Å²) in [6.07, 6.45) is 1.53. The molecule has 3 nitrogen and oxygen atoms in total. The van der Waals surface area contributed by atoms with E-state index in [1.54, 1.807) is 11.3 Å². The molecular weight excluding hydrogens is 254 g/mol. The van der Waals surface area contributed by atoms with Crippen molar-refractivity contribution in [3.8, 4) is 10.6 Å². The van der Waals surface area contributed by atoms with Crippen molar-refractivity contribution in [3.63, 3.8) is 0 Å². The number of aliphatic hydroxyl groups is 1. The van der Waals surface area contributed by atoms with Crippen LogP contribution in [0.4, 0.5) is 0 Å². The van der Waals surface area contributed by atoms with Crippen molar-refractivity contribution < 1.29 is 9.63 Å². The first kappa shape index (κ1) is 8.93. The Morgan fingerprint density at radius 2 is 2.38 bits per heavy atom. The molecule has 1 N–H and O–H groups in total. The molecule has 2 rings (SSSR count). The molecule has 2 aromatic heterocycles. The summed E-state index contributed by atoms with van der Waals surface area (Å²) in [5.41, 5.74) is 0.717. The Hall–Kier alpha value is -0.650. The van der Waals surface area contributed by atoms with Crippen LogP contribution in [-0.4, -0.2) is 10.3 Å². The third-order valence-corrected chi connectivity index (χ3v) is 3.23. The maximum atomic E-state index is 8.97. The summed E-state index contributed by atoms with van der Waals surface area (Å²) >= 11 is 4.90. The van der Waals surface area contributed by atoms with E-state index in [0.717, 1.165) is 8.66 Å². The third-order valence-electron chi connectivity index (χ3n) is 1.61. The van der Waals surface area contributed by atoms with Gasteiger partial charge in [-0.2, -0.15) is 0 Å². The molecule has 5 heteroatoms. The van der Waals surface area contributed by atoms with Crippen LogP contribution in [-0.2, 0) is 6.61 Å². The molecule has 0 spiro atoms. The van der Waals surface area contributed by atoms with Gasteiger partial charge in [-0.05, 0) is 28.1 Å². The van der Waals surface area contributed by atoms with Crippen LogP contribution in [0.15, 0.2) is 26.6 Å². The smallest absolute Gasteiger partial charge is 0.182 e. The molecule has 2 aromatic rings. The van der Waals surface area contributed by atoms with Gasteiger partial charge >= 0.3 is 0 Å². The van der Waals surface area contributed by atoms with Gasteiger partial charge < -0.3 is 9.63 Å². The third kappa shape index (κ3) is 1.67. The first-order valence-corrected chi connectivity index (χ1v) is 5.22. The predicted octanol–water partition coefficient (Wildman–Crippen LogP) is 2.66. The van der Waals surface area contributed by atoms with E-state index in [0.29, 0.717) is 11.3 Å². The van der Waals surface area contributed by atoms with E-state index < -0.39 is 0 Å². The van der Waals surface area contributed by atoms with Crippen molar-refractivity contribution in [2.24, 2.45) is 0 Å². The van der Waals surface area contributed by atoms with Gasteiger partial charge in [0.05, 0.1) is 21.5 Å². The summed E-state index contributed by atoms with van der Waals surface area (Å²) in [5, 5.41) is 12.6. The average molecular weight is 260 g/mol. The maximum Gasteiger partial charge on any atom is 0.182 e. The first-order chi connectivity index (χ1) is 6.31. The van der Waals surface area contributed by atoms with E-state index in [1.165, 1.54) is 6.20 Å². The van der Waals surface area contributed by atoms with Crippen LogP contribution >= 0.6 is 27.3 Å². The monoisotopic (exact) mass is 259 g/mol.